The summed E-state index contributed by atoms with van der Waals surface area (Å²) in [4.78, 5) is 20.4. The van der Waals surface area contributed by atoms with Gasteiger partial charge in [0, 0.05) is 18.2 Å². The van der Waals surface area contributed by atoms with Gasteiger partial charge < -0.3 is 4.74 Å². The summed E-state index contributed by atoms with van der Waals surface area (Å²) in [6.45, 7) is -0.0608. The molecule has 0 aliphatic heterocycles. The fourth-order valence-corrected chi connectivity index (χ4v) is 1.92. The summed E-state index contributed by atoms with van der Waals surface area (Å²) >= 11 is 5.88. The Morgan fingerprint density at radius 3 is 2.38 bits per heavy atom. The lowest BCUT2D eigenvalue weighted by molar-refractivity contribution is -0.385. The molecule has 0 fully saturated rings. The maximum absolute atomic E-state index is 10.9. The summed E-state index contributed by atoms with van der Waals surface area (Å²) in [5.74, 6) is 0.223. The van der Waals surface area contributed by atoms with Crippen molar-refractivity contribution in [3.63, 3.8) is 0 Å². The summed E-state index contributed by atoms with van der Waals surface area (Å²) < 4.78 is 5.39. The van der Waals surface area contributed by atoms with Gasteiger partial charge in [-0.1, -0.05) is 23.7 Å². The highest BCUT2D eigenvalue weighted by Gasteiger charge is 2.14. The maximum atomic E-state index is 10.9. The number of halogens is 1. The molecule has 0 spiro atoms. The first kappa shape index (κ1) is 14.7. The van der Waals surface area contributed by atoms with Gasteiger partial charge in [-0.3, -0.25) is 20.2 Å². The second-order valence-electron chi connectivity index (χ2n) is 4.05. The average Bonchev–Trinajstić information content (AvgIpc) is 2.46. The molecule has 2 aromatic rings. The lowest BCUT2D eigenvalue weighted by Gasteiger charge is -2.08. The minimum Gasteiger partial charge on any atom is -0.487 e. The SMILES string of the molecule is O=[N+]([O-])c1ccc(OCc2ccccc2[N+](=O)[O-])c(Cl)c1. The van der Waals surface area contributed by atoms with Crippen molar-refractivity contribution in [2.45, 2.75) is 6.61 Å². The number of nitrogens with zero attached hydrogens (tertiary/aromatic N) is 2. The first-order valence-corrected chi connectivity index (χ1v) is 6.16. The predicted molar refractivity (Wildman–Crippen MR) is 75.5 cm³/mol. The largest absolute Gasteiger partial charge is 0.487 e. The summed E-state index contributed by atoms with van der Waals surface area (Å²) in [5, 5.41) is 21.5. The third-order valence-electron chi connectivity index (χ3n) is 2.70. The van der Waals surface area contributed by atoms with Gasteiger partial charge in [-0.15, -0.1) is 0 Å². The molecule has 0 saturated heterocycles. The second-order valence-corrected chi connectivity index (χ2v) is 4.45. The fraction of sp³-hybridized carbons (Fsp3) is 0.0769. The van der Waals surface area contributed by atoms with E-state index in [0.717, 1.165) is 6.07 Å². The first-order chi connectivity index (χ1) is 9.99. The van der Waals surface area contributed by atoms with Crippen LogP contribution in [0.2, 0.25) is 5.02 Å². The van der Waals surface area contributed by atoms with Gasteiger partial charge in [0.05, 0.1) is 20.4 Å². The number of nitro groups is 2. The molecule has 0 amide bonds. The highest BCUT2D eigenvalue weighted by molar-refractivity contribution is 6.32. The third kappa shape index (κ3) is 3.46. The Labute approximate surface area is 124 Å². The molecule has 2 aromatic carbocycles. The van der Waals surface area contributed by atoms with Crippen molar-refractivity contribution >= 4 is 23.0 Å². The first-order valence-electron chi connectivity index (χ1n) is 5.78. The van der Waals surface area contributed by atoms with Crippen LogP contribution in [0.5, 0.6) is 5.75 Å². The van der Waals surface area contributed by atoms with Gasteiger partial charge in [-0.2, -0.15) is 0 Å². The number of rotatable bonds is 5. The molecule has 0 atom stereocenters. The fourth-order valence-electron chi connectivity index (χ4n) is 1.69. The van der Waals surface area contributed by atoms with Crippen molar-refractivity contribution in [1.29, 1.82) is 0 Å². The van der Waals surface area contributed by atoms with E-state index in [1.165, 1.54) is 18.2 Å². The Morgan fingerprint density at radius 2 is 1.76 bits per heavy atom. The Hall–Kier alpha value is -2.67. The van der Waals surface area contributed by atoms with Crippen LogP contribution in [0.15, 0.2) is 42.5 Å². The van der Waals surface area contributed by atoms with Crippen LogP contribution in [0.1, 0.15) is 5.56 Å². The molecule has 21 heavy (non-hydrogen) atoms. The summed E-state index contributed by atoms with van der Waals surface area (Å²) in [6.07, 6.45) is 0. The van der Waals surface area contributed by atoms with Crippen LogP contribution < -0.4 is 4.74 Å². The molecule has 2 rings (SSSR count). The van der Waals surface area contributed by atoms with E-state index in [4.69, 9.17) is 16.3 Å². The number of hydrogen-bond acceptors (Lipinski definition) is 5. The highest BCUT2D eigenvalue weighted by atomic mass is 35.5. The molecule has 0 N–H and O–H groups in total. The topological polar surface area (TPSA) is 95.5 Å². The minimum absolute atomic E-state index is 0.0597. The molecule has 108 valence electrons. The Kier molecular flexibility index (Phi) is 4.34. The van der Waals surface area contributed by atoms with E-state index in [0.29, 0.717) is 5.56 Å². The number of benzene rings is 2. The van der Waals surface area contributed by atoms with Crippen LogP contribution in [0, 0.1) is 20.2 Å². The van der Waals surface area contributed by atoms with Crippen LogP contribution >= 0.6 is 11.6 Å². The number of hydrogen-bond donors (Lipinski definition) is 0. The molecule has 0 aromatic heterocycles. The molecular weight excluding hydrogens is 300 g/mol. The molecule has 0 unspecified atom stereocenters. The monoisotopic (exact) mass is 308 g/mol. The molecule has 0 saturated carbocycles. The molecule has 7 nitrogen and oxygen atoms in total. The van der Waals surface area contributed by atoms with Gasteiger partial charge in [0.25, 0.3) is 11.4 Å². The summed E-state index contributed by atoms with van der Waals surface area (Å²) in [5.41, 5.74) is 0.172. The Bertz CT molecular complexity index is 705. The van der Waals surface area contributed by atoms with Gasteiger partial charge in [0.2, 0.25) is 0 Å². The van der Waals surface area contributed by atoms with E-state index in [1.807, 2.05) is 0 Å². The van der Waals surface area contributed by atoms with Crippen molar-refractivity contribution in [1.82, 2.24) is 0 Å². The van der Waals surface area contributed by atoms with Gasteiger partial charge >= 0.3 is 0 Å². The molecular formula is C13H9ClN2O5. The lowest BCUT2D eigenvalue weighted by Crippen LogP contribution is -2.01. The maximum Gasteiger partial charge on any atom is 0.276 e. The van der Waals surface area contributed by atoms with Crippen LogP contribution in [0.25, 0.3) is 0 Å². The third-order valence-corrected chi connectivity index (χ3v) is 2.99. The number of nitro benzene ring substituents is 2. The molecule has 0 aliphatic rings. The zero-order valence-corrected chi connectivity index (χ0v) is 11.3. The Balaban J connectivity index is 2.17. The molecule has 0 heterocycles. The van der Waals surface area contributed by atoms with E-state index in [1.54, 1.807) is 18.2 Å². The van der Waals surface area contributed by atoms with E-state index in [2.05, 4.69) is 0 Å². The molecule has 0 radical (unpaired) electrons. The van der Waals surface area contributed by atoms with Gasteiger partial charge in [-0.05, 0) is 12.1 Å². The van der Waals surface area contributed by atoms with Crippen LogP contribution in [-0.4, -0.2) is 9.85 Å². The second kappa shape index (κ2) is 6.19. The van der Waals surface area contributed by atoms with E-state index in [-0.39, 0.29) is 28.8 Å². The lowest BCUT2D eigenvalue weighted by atomic mass is 10.2. The van der Waals surface area contributed by atoms with Crippen molar-refractivity contribution in [2.75, 3.05) is 0 Å². The van der Waals surface area contributed by atoms with Crippen LogP contribution in [0.3, 0.4) is 0 Å². The average molecular weight is 309 g/mol. The van der Waals surface area contributed by atoms with Gasteiger partial charge in [0.15, 0.2) is 0 Å². The zero-order chi connectivity index (χ0) is 15.4. The van der Waals surface area contributed by atoms with Crippen molar-refractivity contribution in [3.8, 4) is 5.75 Å². The van der Waals surface area contributed by atoms with Gasteiger partial charge in [0.1, 0.15) is 12.4 Å². The van der Waals surface area contributed by atoms with Crippen molar-refractivity contribution in [2.24, 2.45) is 0 Å². The highest BCUT2D eigenvalue weighted by Crippen LogP contribution is 2.30. The van der Waals surface area contributed by atoms with E-state index >= 15 is 0 Å². The normalized spacial score (nSPS) is 10.1. The van der Waals surface area contributed by atoms with Gasteiger partial charge in [-0.25, -0.2) is 0 Å². The van der Waals surface area contributed by atoms with Crippen molar-refractivity contribution in [3.05, 3.63) is 73.3 Å². The number of para-hydroxylation sites is 1. The predicted octanol–water partition coefficient (Wildman–Crippen LogP) is 3.74. The van der Waals surface area contributed by atoms with Crippen LogP contribution in [-0.2, 0) is 6.61 Å². The van der Waals surface area contributed by atoms with E-state index in [9.17, 15) is 20.2 Å². The Morgan fingerprint density at radius 1 is 1.05 bits per heavy atom. The van der Waals surface area contributed by atoms with Crippen LogP contribution in [0.4, 0.5) is 11.4 Å². The minimum atomic E-state index is -0.572. The number of ether oxygens (including phenoxy) is 1. The summed E-state index contributed by atoms with van der Waals surface area (Å²) in [7, 11) is 0. The van der Waals surface area contributed by atoms with E-state index < -0.39 is 9.85 Å². The van der Waals surface area contributed by atoms with Crippen molar-refractivity contribution < 1.29 is 14.6 Å². The quantitative estimate of drug-likeness (QED) is 0.619. The molecule has 0 aliphatic carbocycles. The molecule has 0 bridgehead atoms. The summed E-state index contributed by atoms with van der Waals surface area (Å²) in [6, 6.07) is 9.92. The number of non-ortho nitro benzene ring substituents is 1. The smallest absolute Gasteiger partial charge is 0.276 e. The molecule has 8 heteroatoms. The standard InChI is InChI=1S/C13H9ClN2O5/c14-11-7-10(15(17)18)5-6-13(11)21-8-9-3-1-2-4-12(9)16(19)20/h1-7H,8H2. The zero-order valence-electron chi connectivity index (χ0n) is 10.6.